The molecule has 30 heavy (non-hydrogen) atoms. The van der Waals surface area contributed by atoms with Gasteiger partial charge in [0, 0.05) is 16.7 Å². The molecule has 0 aliphatic carbocycles. The largest absolute Gasteiger partial charge is 0.305 e. The highest BCUT2D eigenvalue weighted by Gasteiger charge is 2.12. The summed E-state index contributed by atoms with van der Waals surface area (Å²) in [6.45, 7) is 0.211. The highest BCUT2D eigenvalue weighted by molar-refractivity contribution is 7.16. The summed E-state index contributed by atoms with van der Waals surface area (Å²) in [5, 5.41) is 0. The second-order valence-corrected chi connectivity index (χ2v) is 7.49. The van der Waals surface area contributed by atoms with Gasteiger partial charge in [-0.2, -0.15) is 4.99 Å². The zero-order valence-corrected chi connectivity index (χ0v) is 16.5. The minimum Gasteiger partial charge on any atom is -0.305 e. The van der Waals surface area contributed by atoms with Gasteiger partial charge < -0.3 is 4.57 Å². The molecule has 0 spiro atoms. The lowest BCUT2D eigenvalue weighted by molar-refractivity contribution is 0.0994. The number of benzene rings is 3. The third-order valence-electron chi connectivity index (χ3n) is 4.52. The molecule has 4 aromatic rings. The Morgan fingerprint density at radius 1 is 0.967 bits per heavy atom. The molecule has 0 radical (unpaired) electrons. The van der Waals surface area contributed by atoms with E-state index in [9.17, 15) is 14.0 Å². The number of carbonyl (C=O) groups excluding carboxylic acids is 2. The van der Waals surface area contributed by atoms with Gasteiger partial charge in [0.1, 0.15) is 5.82 Å². The summed E-state index contributed by atoms with van der Waals surface area (Å²) in [6.07, 6.45) is 5.45. The van der Waals surface area contributed by atoms with Gasteiger partial charge in [-0.1, -0.05) is 59.7 Å². The molecule has 3 aromatic carbocycles. The van der Waals surface area contributed by atoms with Crippen molar-refractivity contribution in [3.05, 3.63) is 100 Å². The molecule has 0 saturated carbocycles. The summed E-state index contributed by atoms with van der Waals surface area (Å²) >= 11 is 1.19. The van der Waals surface area contributed by atoms with Crippen LogP contribution in [0, 0.1) is 18.2 Å². The quantitative estimate of drug-likeness (QED) is 0.366. The molecule has 1 heterocycles. The second kappa shape index (κ2) is 8.27. The molecule has 0 atom stereocenters. The van der Waals surface area contributed by atoms with Crippen LogP contribution in [0.2, 0.25) is 0 Å². The summed E-state index contributed by atoms with van der Waals surface area (Å²) in [6, 6.07) is 19.6. The Morgan fingerprint density at radius 2 is 1.63 bits per heavy atom. The Kier molecular flexibility index (Phi) is 5.38. The van der Waals surface area contributed by atoms with E-state index in [0.29, 0.717) is 26.2 Å². The molecule has 4 rings (SSSR count). The molecular weight excluding hydrogens is 399 g/mol. The van der Waals surface area contributed by atoms with Crippen LogP contribution in [0.4, 0.5) is 4.39 Å². The first kappa shape index (κ1) is 19.5. The number of thiazole rings is 1. The summed E-state index contributed by atoms with van der Waals surface area (Å²) < 4.78 is 15.9. The Hall–Kier alpha value is -3.82. The Morgan fingerprint density at radius 3 is 2.33 bits per heavy atom. The van der Waals surface area contributed by atoms with Crippen LogP contribution in [-0.2, 0) is 6.54 Å². The molecule has 1 amide bonds. The third kappa shape index (κ3) is 3.84. The number of hydrogen-bond acceptors (Lipinski definition) is 3. The van der Waals surface area contributed by atoms with Gasteiger partial charge in [-0.3, -0.25) is 9.59 Å². The second-order valence-electron chi connectivity index (χ2n) is 6.48. The number of hydrogen-bond donors (Lipinski definition) is 0. The van der Waals surface area contributed by atoms with Crippen molar-refractivity contribution in [2.24, 2.45) is 4.99 Å². The fourth-order valence-corrected chi connectivity index (χ4v) is 4.10. The van der Waals surface area contributed by atoms with E-state index < -0.39 is 5.91 Å². The van der Waals surface area contributed by atoms with Crippen molar-refractivity contribution in [1.29, 1.82) is 0 Å². The molecule has 0 aliphatic rings. The standard InChI is InChI=1S/C24H15FN2O2S/c1-2-14-27-20-13-12-19(25)15-21(20)30-24(27)26-23(29)18-10-8-17(9-11-18)22(28)16-6-4-3-5-7-16/h1,3-13,15H,14H2. The number of carbonyl (C=O) groups is 2. The van der Waals surface area contributed by atoms with Crippen LogP contribution in [0.25, 0.3) is 10.2 Å². The first-order valence-corrected chi connectivity index (χ1v) is 9.89. The predicted molar refractivity (Wildman–Crippen MR) is 115 cm³/mol. The maximum absolute atomic E-state index is 13.5. The zero-order chi connectivity index (χ0) is 21.1. The van der Waals surface area contributed by atoms with Crippen molar-refractivity contribution >= 4 is 33.2 Å². The highest BCUT2D eigenvalue weighted by atomic mass is 32.1. The molecule has 0 aliphatic heterocycles. The monoisotopic (exact) mass is 414 g/mol. The Labute approximate surface area is 176 Å². The van der Waals surface area contributed by atoms with E-state index in [1.807, 2.05) is 6.07 Å². The molecule has 0 fully saturated rings. The van der Waals surface area contributed by atoms with Crippen molar-refractivity contribution in [3.8, 4) is 12.3 Å². The van der Waals surface area contributed by atoms with Gasteiger partial charge in [0.05, 0.1) is 16.8 Å². The van der Waals surface area contributed by atoms with Crippen LogP contribution < -0.4 is 4.80 Å². The molecule has 0 unspecified atom stereocenters. The minimum absolute atomic E-state index is 0.120. The summed E-state index contributed by atoms with van der Waals surface area (Å²) in [5.74, 6) is 1.58. The summed E-state index contributed by atoms with van der Waals surface area (Å²) in [5.41, 5.74) is 2.12. The van der Waals surface area contributed by atoms with Crippen LogP contribution >= 0.6 is 11.3 Å². The Bertz CT molecular complexity index is 1360. The van der Waals surface area contributed by atoms with Gasteiger partial charge >= 0.3 is 0 Å². The van der Waals surface area contributed by atoms with Crippen molar-refractivity contribution in [3.63, 3.8) is 0 Å². The topological polar surface area (TPSA) is 51.4 Å². The van der Waals surface area contributed by atoms with Gasteiger partial charge in [-0.25, -0.2) is 4.39 Å². The number of rotatable bonds is 4. The van der Waals surface area contributed by atoms with E-state index in [2.05, 4.69) is 10.9 Å². The number of amides is 1. The predicted octanol–water partition coefficient (Wildman–Crippen LogP) is 4.45. The fraction of sp³-hybridized carbons (Fsp3) is 0.0417. The van der Waals surface area contributed by atoms with E-state index in [1.54, 1.807) is 59.2 Å². The summed E-state index contributed by atoms with van der Waals surface area (Å²) in [7, 11) is 0. The van der Waals surface area contributed by atoms with Crippen molar-refractivity contribution in [2.75, 3.05) is 0 Å². The molecule has 0 bridgehead atoms. The number of nitrogens with zero attached hydrogens (tertiary/aromatic N) is 2. The minimum atomic E-state index is -0.466. The molecular formula is C24H15FN2O2S. The molecule has 4 nitrogen and oxygen atoms in total. The maximum atomic E-state index is 13.5. The lowest BCUT2D eigenvalue weighted by Crippen LogP contribution is -2.16. The average molecular weight is 414 g/mol. The van der Waals surface area contributed by atoms with Crippen LogP contribution in [0.5, 0.6) is 0 Å². The van der Waals surface area contributed by atoms with Gasteiger partial charge in [0.25, 0.3) is 5.91 Å². The van der Waals surface area contributed by atoms with Crippen molar-refractivity contribution in [1.82, 2.24) is 4.57 Å². The number of ketones is 1. The number of fused-ring (bicyclic) bond motifs is 1. The Balaban J connectivity index is 1.67. The van der Waals surface area contributed by atoms with Gasteiger partial charge in [-0.15, -0.1) is 6.42 Å². The average Bonchev–Trinajstić information content (AvgIpc) is 3.10. The number of terminal acetylenes is 1. The third-order valence-corrected chi connectivity index (χ3v) is 5.56. The summed E-state index contributed by atoms with van der Waals surface area (Å²) in [4.78, 5) is 29.8. The van der Waals surface area contributed by atoms with E-state index in [-0.39, 0.29) is 18.1 Å². The smallest absolute Gasteiger partial charge is 0.279 e. The van der Waals surface area contributed by atoms with Crippen LogP contribution in [0.3, 0.4) is 0 Å². The lowest BCUT2D eigenvalue weighted by atomic mass is 10.0. The molecule has 6 heteroatoms. The van der Waals surface area contributed by atoms with Crippen molar-refractivity contribution < 1.29 is 14.0 Å². The van der Waals surface area contributed by atoms with Gasteiger partial charge in [0.15, 0.2) is 10.6 Å². The zero-order valence-electron chi connectivity index (χ0n) is 15.7. The molecule has 0 N–H and O–H groups in total. The fourth-order valence-electron chi connectivity index (χ4n) is 3.05. The van der Waals surface area contributed by atoms with Gasteiger partial charge in [0.2, 0.25) is 0 Å². The van der Waals surface area contributed by atoms with E-state index >= 15 is 0 Å². The van der Waals surface area contributed by atoms with Crippen LogP contribution in [0.1, 0.15) is 26.3 Å². The molecule has 146 valence electrons. The molecule has 1 aromatic heterocycles. The van der Waals surface area contributed by atoms with E-state index in [4.69, 9.17) is 6.42 Å². The first-order chi connectivity index (χ1) is 14.6. The van der Waals surface area contributed by atoms with E-state index in [1.165, 1.54) is 23.5 Å². The highest BCUT2D eigenvalue weighted by Crippen LogP contribution is 2.19. The van der Waals surface area contributed by atoms with E-state index in [0.717, 1.165) is 5.52 Å². The SMILES string of the molecule is C#CCn1c(=NC(=O)c2ccc(C(=O)c3ccccc3)cc2)sc2cc(F)ccc21. The maximum Gasteiger partial charge on any atom is 0.279 e. The molecule has 0 saturated heterocycles. The van der Waals surface area contributed by atoms with Gasteiger partial charge in [-0.05, 0) is 30.3 Å². The normalized spacial score (nSPS) is 11.4. The first-order valence-electron chi connectivity index (χ1n) is 9.08. The lowest BCUT2D eigenvalue weighted by Gasteiger charge is -2.02. The van der Waals surface area contributed by atoms with Crippen LogP contribution in [0.15, 0.2) is 77.8 Å². The van der Waals surface area contributed by atoms with Crippen molar-refractivity contribution in [2.45, 2.75) is 6.54 Å². The number of aromatic nitrogens is 1. The number of halogens is 1. The van der Waals surface area contributed by atoms with Crippen LogP contribution in [-0.4, -0.2) is 16.3 Å².